The number of ether oxygens (including phenoxy) is 1. The van der Waals surface area contributed by atoms with Crippen molar-refractivity contribution < 1.29 is 4.74 Å². The Balaban J connectivity index is 1.86. The molecule has 0 bridgehead atoms. The Morgan fingerprint density at radius 3 is 2.83 bits per heavy atom. The summed E-state index contributed by atoms with van der Waals surface area (Å²) in [5, 5.41) is 9.92. The third kappa shape index (κ3) is 3.74. The van der Waals surface area contributed by atoms with Crippen LogP contribution in [0.15, 0.2) is 43.0 Å². The predicted octanol–water partition coefficient (Wildman–Crippen LogP) is 3.63. The molecule has 0 saturated carbocycles. The lowest BCUT2D eigenvalue weighted by molar-refractivity contribution is 0.413. The molecule has 2 N–H and O–H groups in total. The molecule has 0 spiro atoms. The zero-order valence-corrected chi connectivity index (χ0v) is 16.7. The van der Waals surface area contributed by atoms with E-state index in [1.807, 2.05) is 6.07 Å². The summed E-state index contributed by atoms with van der Waals surface area (Å²) in [6.07, 6.45) is 7.43. The van der Waals surface area contributed by atoms with Crippen molar-refractivity contribution in [3.63, 3.8) is 0 Å². The molecule has 7 heteroatoms. The summed E-state index contributed by atoms with van der Waals surface area (Å²) in [4.78, 5) is 10.8. The molecule has 3 aromatic rings. The molecule has 1 saturated heterocycles. The Morgan fingerprint density at radius 2 is 2.14 bits per heavy atom. The number of benzene rings is 1. The molecule has 29 heavy (non-hydrogen) atoms. The van der Waals surface area contributed by atoms with Crippen LogP contribution in [0.5, 0.6) is 5.75 Å². The van der Waals surface area contributed by atoms with Gasteiger partial charge in [0, 0.05) is 42.8 Å². The van der Waals surface area contributed by atoms with Crippen LogP contribution < -0.4 is 15.4 Å². The van der Waals surface area contributed by atoms with Gasteiger partial charge in [0.05, 0.1) is 7.11 Å². The van der Waals surface area contributed by atoms with Gasteiger partial charge in [0.2, 0.25) is 0 Å². The average Bonchev–Trinajstić information content (AvgIpc) is 3.27. The van der Waals surface area contributed by atoms with E-state index < -0.39 is 0 Å². The van der Waals surface area contributed by atoms with E-state index in [1.165, 1.54) is 12.8 Å². The number of methoxy groups -OCH3 is 1. The number of pyridine rings is 1. The number of piperidine rings is 1. The lowest BCUT2D eigenvalue weighted by Crippen LogP contribution is -2.34. The fourth-order valence-corrected chi connectivity index (χ4v) is 3.92. The van der Waals surface area contributed by atoms with Crippen molar-refractivity contribution in [2.45, 2.75) is 19.8 Å². The standard InChI is InChI=1S/C22H24N6O/c1-15-4-3-6-27(13-15)17-8-16(9-18(10-17)29-2)19-11-21(24)26-22(20(19)12-23)28-7-5-25-14-28/h5,7-11,14-15H,3-4,6,13H2,1-2H3,(H2,24,26). The van der Waals surface area contributed by atoms with E-state index >= 15 is 0 Å². The topological polar surface area (TPSA) is 93.0 Å². The van der Waals surface area contributed by atoms with Crippen molar-refractivity contribution >= 4 is 11.5 Å². The Kier molecular flexibility index (Phi) is 5.09. The van der Waals surface area contributed by atoms with Crippen molar-refractivity contribution in [1.29, 1.82) is 5.26 Å². The number of imidazole rings is 1. The maximum Gasteiger partial charge on any atom is 0.158 e. The molecule has 1 atom stereocenters. The molecule has 7 nitrogen and oxygen atoms in total. The highest BCUT2D eigenvalue weighted by Crippen LogP contribution is 2.35. The second-order valence-corrected chi connectivity index (χ2v) is 7.49. The number of aromatic nitrogens is 3. The van der Waals surface area contributed by atoms with Gasteiger partial charge in [-0.3, -0.25) is 4.57 Å². The maximum atomic E-state index is 9.92. The van der Waals surface area contributed by atoms with Crippen LogP contribution in [0.25, 0.3) is 16.9 Å². The van der Waals surface area contributed by atoms with E-state index in [-0.39, 0.29) is 0 Å². The average molecular weight is 388 g/mol. The minimum atomic E-state index is 0.346. The van der Waals surface area contributed by atoms with Crippen molar-refractivity contribution in [3.8, 4) is 28.8 Å². The quantitative estimate of drug-likeness (QED) is 0.733. The maximum absolute atomic E-state index is 9.92. The summed E-state index contributed by atoms with van der Waals surface area (Å²) in [6.45, 7) is 4.30. The lowest BCUT2D eigenvalue weighted by atomic mass is 9.97. The normalized spacial score (nSPS) is 16.4. The Hall–Kier alpha value is -3.53. The zero-order chi connectivity index (χ0) is 20.4. The molecular formula is C22H24N6O. The van der Waals surface area contributed by atoms with E-state index in [0.717, 1.165) is 35.7 Å². The number of nitriles is 1. The minimum Gasteiger partial charge on any atom is -0.497 e. The number of nitrogens with two attached hydrogens (primary N) is 1. The van der Waals surface area contributed by atoms with Gasteiger partial charge >= 0.3 is 0 Å². The molecule has 2 aromatic heterocycles. The molecule has 4 rings (SSSR count). The monoisotopic (exact) mass is 388 g/mol. The van der Waals surface area contributed by atoms with Crippen molar-refractivity contribution in [3.05, 3.63) is 48.5 Å². The van der Waals surface area contributed by atoms with Gasteiger partial charge in [-0.25, -0.2) is 9.97 Å². The van der Waals surface area contributed by atoms with Gasteiger partial charge in [-0.15, -0.1) is 0 Å². The Bertz CT molecular complexity index is 1050. The van der Waals surface area contributed by atoms with Crippen LogP contribution in [0.1, 0.15) is 25.3 Å². The molecule has 1 aliphatic rings. The van der Waals surface area contributed by atoms with E-state index in [1.54, 1.807) is 36.5 Å². The first kappa shape index (κ1) is 18.8. The van der Waals surface area contributed by atoms with Gasteiger partial charge in [-0.05, 0) is 42.5 Å². The molecule has 0 radical (unpaired) electrons. The smallest absolute Gasteiger partial charge is 0.158 e. The summed E-state index contributed by atoms with van der Waals surface area (Å²) in [7, 11) is 1.66. The van der Waals surface area contributed by atoms with Crippen LogP contribution in [0.3, 0.4) is 0 Å². The van der Waals surface area contributed by atoms with Crippen LogP contribution in [0.2, 0.25) is 0 Å². The number of nitrogen functional groups attached to an aromatic ring is 1. The highest BCUT2D eigenvalue weighted by atomic mass is 16.5. The van der Waals surface area contributed by atoms with E-state index in [2.05, 4.69) is 40.0 Å². The number of anilines is 2. The summed E-state index contributed by atoms with van der Waals surface area (Å²) >= 11 is 0. The zero-order valence-electron chi connectivity index (χ0n) is 16.7. The van der Waals surface area contributed by atoms with Crippen LogP contribution in [0.4, 0.5) is 11.5 Å². The summed E-state index contributed by atoms with van der Waals surface area (Å²) in [5.41, 5.74) is 9.25. The van der Waals surface area contributed by atoms with Crippen molar-refractivity contribution in [2.75, 3.05) is 30.8 Å². The van der Waals surface area contributed by atoms with Crippen molar-refractivity contribution in [2.24, 2.45) is 5.92 Å². The first-order valence-corrected chi connectivity index (χ1v) is 9.72. The first-order chi connectivity index (χ1) is 14.1. The predicted molar refractivity (Wildman–Crippen MR) is 113 cm³/mol. The third-order valence-corrected chi connectivity index (χ3v) is 5.34. The van der Waals surface area contributed by atoms with Crippen LogP contribution >= 0.6 is 0 Å². The summed E-state index contributed by atoms with van der Waals surface area (Å²) in [6, 6.07) is 10.1. The molecule has 148 valence electrons. The fraction of sp³-hybridized carbons (Fsp3) is 0.318. The van der Waals surface area contributed by atoms with E-state index in [0.29, 0.717) is 23.1 Å². The molecule has 1 aromatic carbocycles. The highest BCUT2D eigenvalue weighted by molar-refractivity contribution is 5.79. The largest absolute Gasteiger partial charge is 0.497 e. The molecule has 0 amide bonds. The lowest BCUT2D eigenvalue weighted by Gasteiger charge is -2.33. The van der Waals surface area contributed by atoms with Crippen LogP contribution in [-0.2, 0) is 0 Å². The number of hydrogen-bond donors (Lipinski definition) is 1. The second-order valence-electron chi connectivity index (χ2n) is 7.49. The molecular weight excluding hydrogens is 364 g/mol. The van der Waals surface area contributed by atoms with Crippen LogP contribution in [-0.4, -0.2) is 34.7 Å². The van der Waals surface area contributed by atoms with E-state index in [9.17, 15) is 5.26 Å². The summed E-state index contributed by atoms with van der Waals surface area (Å²) < 4.78 is 7.27. The number of hydrogen-bond acceptors (Lipinski definition) is 6. The molecule has 0 aliphatic carbocycles. The van der Waals surface area contributed by atoms with Crippen molar-refractivity contribution in [1.82, 2.24) is 14.5 Å². The SMILES string of the molecule is COc1cc(-c2cc(N)nc(-n3ccnc3)c2C#N)cc(N2CCCC(C)C2)c1. The van der Waals surface area contributed by atoms with Gasteiger partial charge in [0.25, 0.3) is 0 Å². The first-order valence-electron chi connectivity index (χ1n) is 9.72. The molecule has 1 unspecified atom stereocenters. The molecule has 3 heterocycles. The Labute approximate surface area is 170 Å². The minimum absolute atomic E-state index is 0.346. The molecule has 1 aliphatic heterocycles. The Morgan fingerprint density at radius 1 is 1.28 bits per heavy atom. The van der Waals surface area contributed by atoms with Gasteiger partial charge in [-0.2, -0.15) is 5.26 Å². The van der Waals surface area contributed by atoms with Gasteiger partial charge in [0.15, 0.2) is 5.82 Å². The highest BCUT2D eigenvalue weighted by Gasteiger charge is 2.20. The van der Waals surface area contributed by atoms with Crippen LogP contribution in [0, 0.1) is 17.2 Å². The molecule has 1 fully saturated rings. The summed E-state index contributed by atoms with van der Waals surface area (Å²) in [5.74, 6) is 2.21. The number of nitrogens with zero attached hydrogens (tertiary/aromatic N) is 5. The van der Waals surface area contributed by atoms with Gasteiger partial charge in [-0.1, -0.05) is 6.92 Å². The second kappa shape index (κ2) is 7.84. The third-order valence-electron chi connectivity index (χ3n) is 5.34. The van der Waals surface area contributed by atoms with E-state index in [4.69, 9.17) is 10.5 Å². The van der Waals surface area contributed by atoms with Gasteiger partial charge < -0.3 is 15.4 Å². The number of rotatable bonds is 4. The fourth-order valence-electron chi connectivity index (χ4n) is 3.92. The van der Waals surface area contributed by atoms with Gasteiger partial charge in [0.1, 0.15) is 29.5 Å².